The first-order valence-corrected chi connectivity index (χ1v) is 11.5. The Balaban J connectivity index is 1.98. The van der Waals surface area contributed by atoms with E-state index in [9.17, 15) is 9.59 Å². The van der Waals surface area contributed by atoms with Gasteiger partial charge in [-0.25, -0.2) is 4.98 Å². The molecule has 0 saturated heterocycles. The van der Waals surface area contributed by atoms with Gasteiger partial charge in [-0.3, -0.25) is 14.2 Å². The van der Waals surface area contributed by atoms with Crippen LogP contribution >= 0.6 is 23.1 Å². The predicted octanol–water partition coefficient (Wildman–Crippen LogP) is 3.36. The van der Waals surface area contributed by atoms with Gasteiger partial charge in [0.05, 0.1) is 17.2 Å². The SMILES string of the molecule is CC(C)CCn1c(SCC(=O)NCC#N)nc2sc3c(c2c1=O)CCC(C)C3. The first kappa shape index (κ1) is 20.9. The molecule has 0 bridgehead atoms. The van der Waals surface area contributed by atoms with Gasteiger partial charge < -0.3 is 5.32 Å². The summed E-state index contributed by atoms with van der Waals surface area (Å²) in [6.07, 6.45) is 3.95. The molecule has 28 heavy (non-hydrogen) atoms. The quantitative estimate of drug-likeness (QED) is 0.423. The van der Waals surface area contributed by atoms with Gasteiger partial charge in [0.2, 0.25) is 5.91 Å². The standard InChI is InChI=1S/C20H26N4O2S2/c1-12(2)6-9-24-19(26)17-14-5-4-13(3)10-15(14)28-18(17)23-20(24)27-11-16(25)22-8-7-21/h12-13H,4-6,8-11H2,1-3H3,(H,22,25). The van der Waals surface area contributed by atoms with Crippen LogP contribution in [-0.4, -0.2) is 27.8 Å². The zero-order valence-corrected chi connectivity index (χ0v) is 18.2. The van der Waals surface area contributed by atoms with E-state index in [2.05, 4.69) is 26.1 Å². The topological polar surface area (TPSA) is 87.8 Å². The average Bonchev–Trinajstić information content (AvgIpc) is 3.01. The minimum absolute atomic E-state index is 0.0121. The lowest BCUT2D eigenvalue weighted by Crippen LogP contribution is -2.27. The molecule has 8 heteroatoms. The number of nitrogens with one attached hydrogen (secondary N) is 1. The second-order valence-electron chi connectivity index (χ2n) is 7.79. The molecule has 2 aromatic heterocycles. The van der Waals surface area contributed by atoms with Crippen LogP contribution in [0.4, 0.5) is 0 Å². The molecule has 3 rings (SSSR count). The van der Waals surface area contributed by atoms with Gasteiger partial charge >= 0.3 is 0 Å². The van der Waals surface area contributed by atoms with Crippen molar-refractivity contribution < 1.29 is 4.79 Å². The number of hydrogen-bond acceptors (Lipinski definition) is 6. The maximum atomic E-state index is 13.4. The van der Waals surface area contributed by atoms with E-state index in [0.717, 1.165) is 35.9 Å². The first-order valence-electron chi connectivity index (χ1n) is 9.72. The third kappa shape index (κ3) is 4.58. The van der Waals surface area contributed by atoms with E-state index in [0.29, 0.717) is 23.5 Å². The lowest BCUT2D eigenvalue weighted by atomic mass is 9.89. The number of thiophene rings is 1. The Bertz CT molecular complexity index is 971. The molecule has 6 nitrogen and oxygen atoms in total. The van der Waals surface area contributed by atoms with E-state index in [4.69, 9.17) is 10.2 Å². The highest BCUT2D eigenvalue weighted by Gasteiger charge is 2.25. The van der Waals surface area contributed by atoms with E-state index in [1.807, 2.05) is 6.07 Å². The Morgan fingerprint density at radius 3 is 3.00 bits per heavy atom. The Morgan fingerprint density at radius 1 is 1.50 bits per heavy atom. The van der Waals surface area contributed by atoms with Crippen molar-refractivity contribution in [3.05, 3.63) is 20.8 Å². The van der Waals surface area contributed by atoms with E-state index in [-0.39, 0.29) is 23.8 Å². The van der Waals surface area contributed by atoms with Crippen molar-refractivity contribution in [3.63, 3.8) is 0 Å². The lowest BCUT2D eigenvalue weighted by molar-refractivity contribution is -0.118. The molecule has 2 heterocycles. The highest BCUT2D eigenvalue weighted by atomic mass is 32.2. The molecule has 150 valence electrons. The van der Waals surface area contributed by atoms with Gasteiger partial charge in [-0.1, -0.05) is 32.5 Å². The number of carbonyl (C=O) groups is 1. The Kier molecular flexibility index (Phi) is 6.78. The molecule has 1 aliphatic carbocycles. The van der Waals surface area contributed by atoms with Crippen LogP contribution in [0.5, 0.6) is 0 Å². The third-order valence-corrected chi connectivity index (χ3v) is 7.13. The predicted molar refractivity (Wildman–Crippen MR) is 114 cm³/mol. The van der Waals surface area contributed by atoms with E-state index in [1.165, 1.54) is 22.2 Å². The van der Waals surface area contributed by atoms with Crippen molar-refractivity contribution in [1.82, 2.24) is 14.9 Å². The summed E-state index contributed by atoms with van der Waals surface area (Å²) in [6.45, 7) is 7.10. The molecule has 1 amide bonds. The number of rotatable bonds is 7. The molecule has 0 spiro atoms. The number of carbonyl (C=O) groups excluding carboxylic acids is 1. The number of hydrogen-bond donors (Lipinski definition) is 1. The smallest absolute Gasteiger partial charge is 0.263 e. The molecule has 0 saturated carbocycles. The molecular weight excluding hydrogens is 392 g/mol. The molecule has 2 aromatic rings. The largest absolute Gasteiger partial charge is 0.342 e. The number of amides is 1. The van der Waals surface area contributed by atoms with Crippen molar-refractivity contribution in [2.24, 2.45) is 11.8 Å². The Morgan fingerprint density at radius 2 is 2.29 bits per heavy atom. The zero-order chi connectivity index (χ0) is 20.3. The van der Waals surface area contributed by atoms with Crippen LogP contribution in [0, 0.1) is 23.2 Å². The summed E-state index contributed by atoms with van der Waals surface area (Å²) in [4.78, 5) is 32.2. The van der Waals surface area contributed by atoms with Crippen molar-refractivity contribution in [2.45, 2.75) is 58.2 Å². The summed E-state index contributed by atoms with van der Waals surface area (Å²) in [7, 11) is 0. The maximum absolute atomic E-state index is 13.4. The molecular formula is C20H26N4O2S2. The normalized spacial score (nSPS) is 16.2. The van der Waals surface area contributed by atoms with E-state index >= 15 is 0 Å². The van der Waals surface area contributed by atoms with Crippen LogP contribution < -0.4 is 10.9 Å². The van der Waals surface area contributed by atoms with Crippen molar-refractivity contribution >= 4 is 39.2 Å². The van der Waals surface area contributed by atoms with Crippen molar-refractivity contribution in [1.29, 1.82) is 5.26 Å². The molecule has 0 aliphatic heterocycles. The first-order chi connectivity index (χ1) is 13.4. The molecule has 1 unspecified atom stereocenters. The van der Waals surface area contributed by atoms with Gasteiger partial charge in [0.15, 0.2) is 5.16 Å². The van der Waals surface area contributed by atoms with Crippen LogP contribution in [0.25, 0.3) is 10.2 Å². The summed E-state index contributed by atoms with van der Waals surface area (Å²) < 4.78 is 1.75. The van der Waals surface area contributed by atoms with Crippen LogP contribution in [0.3, 0.4) is 0 Å². The van der Waals surface area contributed by atoms with E-state index in [1.54, 1.807) is 15.9 Å². The highest BCUT2D eigenvalue weighted by Crippen LogP contribution is 2.36. The monoisotopic (exact) mass is 418 g/mol. The molecule has 1 N–H and O–H groups in total. The summed E-state index contributed by atoms with van der Waals surface area (Å²) in [5.41, 5.74) is 1.22. The van der Waals surface area contributed by atoms with Crippen molar-refractivity contribution in [2.75, 3.05) is 12.3 Å². The van der Waals surface area contributed by atoms with Gasteiger partial charge in [-0.2, -0.15) is 5.26 Å². The summed E-state index contributed by atoms with van der Waals surface area (Å²) >= 11 is 2.90. The number of aryl methyl sites for hydroxylation is 1. The molecule has 0 aromatic carbocycles. The van der Waals surface area contributed by atoms with E-state index < -0.39 is 0 Å². The van der Waals surface area contributed by atoms with Crippen LogP contribution in [0.2, 0.25) is 0 Å². The van der Waals surface area contributed by atoms with Crippen LogP contribution in [0.1, 0.15) is 44.1 Å². The number of fused-ring (bicyclic) bond motifs is 3. The third-order valence-electron chi connectivity index (χ3n) is 5.01. The Labute approximate surface area is 173 Å². The van der Waals surface area contributed by atoms with Crippen molar-refractivity contribution in [3.8, 4) is 6.07 Å². The minimum atomic E-state index is -0.226. The summed E-state index contributed by atoms with van der Waals surface area (Å²) in [6, 6.07) is 1.90. The molecule has 0 radical (unpaired) electrons. The lowest BCUT2D eigenvalue weighted by Gasteiger charge is -2.18. The number of aromatic nitrogens is 2. The maximum Gasteiger partial charge on any atom is 0.263 e. The van der Waals surface area contributed by atoms with Gasteiger partial charge in [-0.15, -0.1) is 11.3 Å². The summed E-state index contributed by atoms with van der Waals surface area (Å²) in [5, 5.41) is 12.5. The van der Waals surface area contributed by atoms with Gasteiger partial charge in [0, 0.05) is 11.4 Å². The Hall–Kier alpha value is -1.85. The fourth-order valence-corrected chi connectivity index (χ4v) is 5.70. The zero-order valence-electron chi connectivity index (χ0n) is 16.6. The fourth-order valence-electron chi connectivity index (χ4n) is 3.42. The number of nitrogens with zero attached hydrogens (tertiary/aromatic N) is 3. The van der Waals surface area contributed by atoms with Crippen LogP contribution in [-0.2, 0) is 24.2 Å². The van der Waals surface area contributed by atoms with Gasteiger partial charge in [-0.05, 0) is 43.1 Å². The highest BCUT2D eigenvalue weighted by molar-refractivity contribution is 7.99. The minimum Gasteiger partial charge on any atom is -0.342 e. The molecule has 0 fully saturated rings. The fraction of sp³-hybridized carbons (Fsp3) is 0.600. The molecule has 1 aliphatic rings. The second-order valence-corrected chi connectivity index (χ2v) is 9.82. The van der Waals surface area contributed by atoms with Gasteiger partial charge in [0.25, 0.3) is 5.56 Å². The van der Waals surface area contributed by atoms with Gasteiger partial charge in [0.1, 0.15) is 11.4 Å². The molecule has 1 atom stereocenters. The summed E-state index contributed by atoms with van der Waals surface area (Å²) in [5.74, 6) is 1.03. The van der Waals surface area contributed by atoms with Crippen LogP contribution in [0.15, 0.2) is 9.95 Å². The number of nitriles is 1. The second kappa shape index (κ2) is 9.10. The average molecular weight is 419 g/mol. The number of thioether (sulfide) groups is 1.